The molecule has 0 heterocycles. The average molecular weight is 256 g/mol. The smallest absolute Gasteiger partial charge is 0.00958 e. The Labute approximate surface area is 119 Å². The largest absolute Gasteiger partial charge is 0.0772 e. The lowest BCUT2D eigenvalue weighted by molar-refractivity contribution is 0.798. The number of rotatable bonds is 8. The van der Waals surface area contributed by atoms with Gasteiger partial charge in [-0.3, -0.25) is 0 Å². The van der Waals surface area contributed by atoms with Crippen molar-refractivity contribution in [3.8, 4) is 0 Å². The fourth-order valence-electron chi connectivity index (χ4n) is 2.93. The van der Waals surface area contributed by atoms with Crippen LogP contribution < -0.4 is 0 Å². The van der Waals surface area contributed by atoms with Crippen LogP contribution in [0.2, 0.25) is 0 Å². The highest BCUT2D eigenvalue weighted by molar-refractivity contribution is 5.39. The van der Waals surface area contributed by atoms with E-state index in [0.717, 1.165) is 0 Å². The van der Waals surface area contributed by atoms with Crippen molar-refractivity contribution in [2.45, 2.75) is 71.6 Å². The summed E-state index contributed by atoms with van der Waals surface area (Å²) >= 11 is 0. The van der Waals surface area contributed by atoms with E-state index in [9.17, 15) is 0 Å². The van der Waals surface area contributed by atoms with Crippen LogP contribution in [0.1, 0.15) is 71.6 Å². The van der Waals surface area contributed by atoms with Crippen molar-refractivity contribution < 1.29 is 0 Å². The molecular formula is C19H28. The highest BCUT2D eigenvalue weighted by Gasteiger charge is 2.11. The first-order valence-corrected chi connectivity index (χ1v) is 8.08. The molecule has 2 rings (SSSR count). The monoisotopic (exact) mass is 256 g/mol. The molecule has 0 bridgehead atoms. The summed E-state index contributed by atoms with van der Waals surface area (Å²) in [5.74, 6) is 0. The Kier molecular flexibility index (Phi) is 5.69. The third-order valence-electron chi connectivity index (χ3n) is 4.12. The fraction of sp³-hybridized carbons (Fsp3) is 0.579. The second kappa shape index (κ2) is 7.53. The van der Waals surface area contributed by atoms with Gasteiger partial charge in [0.2, 0.25) is 0 Å². The van der Waals surface area contributed by atoms with E-state index in [1.54, 1.807) is 22.3 Å². The van der Waals surface area contributed by atoms with Crippen LogP contribution >= 0.6 is 0 Å². The standard InChI is InChI=1S/C19H28/c1-3-5-7-16-9-11-18(13-16)15-19-12-10-17(14-19)8-6-4-2/h9-10,13-14H,3-8,11-12,15H2,1-2H3. The minimum absolute atomic E-state index is 1.20. The van der Waals surface area contributed by atoms with Crippen molar-refractivity contribution in [1.82, 2.24) is 0 Å². The molecule has 0 aromatic carbocycles. The predicted molar refractivity (Wildman–Crippen MR) is 85.2 cm³/mol. The minimum Gasteiger partial charge on any atom is -0.0772 e. The topological polar surface area (TPSA) is 0 Å². The van der Waals surface area contributed by atoms with E-state index in [2.05, 4.69) is 38.2 Å². The van der Waals surface area contributed by atoms with E-state index in [-0.39, 0.29) is 0 Å². The van der Waals surface area contributed by atoms with Gasteiger partial charge >= 0.3 is 0 Å². The van der Waals surface area contributed by atoms with Gasteiger partial charge in [-0.2, -0.15) is 0 Å². The van der Waals surface area contributed by atoms with Crippen molar-refractivity contribution in [3.05, 3.63) is 46.6 Å². The zero-order valence-corrected chi connectivity index (χ0v) is 12.7. The summed E-state index contributed by atoms with van der Waals surface area (Å²) in [5.41, 5.74) is 6.41. The Hall–Kier alpha value is -1.04. The van der Waals surface area contributed by atoms with Gasteiger partial charge in [-0.05, 0) is 44.9 Å². The van der Waals surface area contributed by atoms with Crippen LogP contribution in [-0.2, 0) is 0 Å². The van der Waals surface area contributed by atoms with Gasteiger partial charge in [0.15, 0.2) is 0 Å². The number of hydrogen-bond acceptors (Lipinski definition) is 0. The average Bonchev–Trinajstić information content (AvgIpc) is 3.04. The molecule has 0 aromatic rings. The van der Waals surface area contributed by atoms with Crippen LogP contribution in [0.5, 0.6) is 0 Å². The van der Waals surface area contributed by atoms with E-state index in [1.807, 2.05) is 0 Å². The molecule has 2 aliphatic carbocycles. The quantitative estimate of drug-likeness (QED) is 0.480. The van der Waals surface area contributed by atoms with Gasteiger partial charge in [0.25, 0.3) is 0 Å². The van der Waals surface area contributed by atoms with Gasteiger partial charge in [-0.25, -0.2) is 0 Å². The zero-order valence-electron chi connectivity index (χ0n) is 12.7. The van der Waals surface area contributed by atoms with Crippen molar-refractivity contribution >= 4 is 0 Å². The van der Waals surface area contributed by atoms with Crippen molar-refractivity contribution in [1.29, 1.82) is 0 Å². The molecule has 0 heteroatoms. The first-order valence-electron chi connectivity index (χ1n) is 8.08. The molecule has 19 heavy (non-hydrogen) atoms. The summed E-state index contributed by atoms with van der Waals surface area (Å²) in [5, 5.41) is 0. The second-order valence-electron chi connectivity index (χ2n) is 5.96. The highest BCUT2D eigenvalue weighted by atomic mass is 14.2. The second-order valence-corrected chi connectivity index (χ2v) is 5.96. The molecule has 2 aliphatic rings. The van der Waals surface area contributed by atoms with E-state index in [1.165, 1.54) is 57.8 Å². The van der Waals surface area contributed by atoms with Crippen LogP contribution in [0.15, 0.2) is 46.6 Å². The van der Waals surface area contributed by atoms with Crippen molar-refractivity contribution in [2.24, 2.45) is 0 Å². The van der Waals surface area contributed by atoms with Gasteiger partial charge in [0.05, 0.1) is 0 Å². The van der Waals surface area contributed by atoms with Crippen molar-refractivity contribution in [2.75, 3.05) is 0 Å². The van der Waals surface area contributed by atoms with Gasteiger partial charge < -0.3 is 0 Å². The van der Waals surface area contributed by atoms with Crippen LogP contribution in [0, 0.1) is 0 Å². The van der Waals surface area contributed by atoms with Gasteiger partial charge in [-0.1, -0.05) is 73.3 Å². The maximum atomic E-state index is 2.46. The molecule has 0 amide bonds. The zero-order chi connectivity index (χ0) is 13.5. The Bertz CT molecular complexity index is 375. The van der Waals surface area contributed by atoms with E-state index < -0.39 is 0 Å². The lowest BCUT2D eigenvalue weighted by Crippen LogP contribution is -1.83. The Morgan fingerprint density at radius 2 is 1.26 bits per heavy atom. The van der Waals surface area contributed by atoms with Gasteiger partial charge in [0.1, 0.15) is 0 Å². The van der Waals surface area contributed by atoms with Gasteiger partial charge in [0, 0.05) is 0 Å². The van der Waals surface area contributed by atoms with Crippen molar-refractivity contribution in [3.63, 3.8) is 0 Å². The summed E-state index contributed by atoms with van der Waals surface area (Å²) < 4.78 is 0. The van der Waals surface area contributed by atoms with Crippen LogP contribution in [0.25, 0.3) is 0 Å². The molecule has 0 saturated carbocycles. The molecule has 0 nitrogen and oxygen atoms in total. The maximum absolute atomic E-state index is 2.46. The molecule has 104 valence electrons. The molecule has 0 atom stereocenters. The molecule has 0 fully saturated rings. The van der Waals surface area contributed by atoms with Gasteiger partial charge in [-0.15, -0.1) is 0 Å². The molecule has 0 spiro atoms. The molecule has 0 saturated heterocycles. The number of unbranched alkanes of at least 4 members (excludes halogenated alkanes) is 2. The lowest BCUT2D eigenvalue weighted by atomic mass is 10.0. The normalized spacial score (nSPS) is 18.2. The Balaban J connectivity index is 1.78. The molecule has 0 radical (unpaired) electrons. The third-order valence-corrected chi connectivity index (χ3v) is 4.12. The molecule has 0 N–H and O–H groups in total. The summed E-state index contributed by atoms with van der Waals surface area (Å²) in [7, 11) is 0. The number of hydrogen-bond donors (Lipinski definition) is 0. The van der Waals surface area contributed by atoms with Crippen LogP contribution in [0.4, 0.5) is 0 Å². The lowest BCUT2D eigenvalue weighted by Gasteiger charge is -2.02. The van der Waals surface area contributed by atoms with E-state index >= 15 is 0 Å². The summed E-state index contributed by atoms with van der Waals surface area (Å²) in [6, 6.07) is 0. The molecule has 0 aliphatic heterocycles. The third kappa shape index (κ3) is 4.53. The molecule has 0 unspecified atom stereocenters. The Morgan fingerprint density at radius 3 is 1.68 bits per heavy atom. The summed E-state index contributed by atoms with van der Waals surface area (Å²) in [4.78, 5) is 0. The predicted octanol–water partition coefficient (Wildman–Crippen LogP) is 6.27. The maximum Gasteiger partial charge on any atom is -0.00958 e. The molecular weight excluding hydrogens is 228 g/mol. The minimum atomic E-state index is 1.20. The summed E-state index contributed by atoms with van der Waals surface area (Å²) in [6.07, 6.45) is 21.2. The number of allylic oxidation sites excluding steroid dienone is 8. The summed E-state index contributed by atoms with van der Waals surface area (Å²) in [6.45, 7) is 4.54. The first kappa shape index (κ1) is 14.4. The Morgan fingerprint density at radius 1 is 0.789 bits per heavy atom. The van der Waals surface area contributed by atoms with Crippen LogP contribution in [0.3, 0.4) is 0 Å². The SMILES string of the molecule is CCCCC1=CCC(CC2=CC(CCCC)=CC2)=C1. The van der Waals surface area contributed by atoms with Crippen LogP contribution in [-0.4, -0.2) is 0 Å². The highest BCUT2D eigenvalue weighted by Crippen LogP contribution is 2.31. The molecule has 0 aromatic heterocycles. The van der Waals surface area contributed by atoms with E-state index in [4.69, 9.17) is 0 Å². The fourth-order valence-corrected chi connectivity index (χ4v) is 2.93. The van der Waals surface area contributed by atoms with E-state index in [0.29, 0.717) is 0 Å². The first-order chi connectivity index (χ1) is 9.31.